The van der Waals surface area contributed by atoms with Gasteiger partial charge in [-0.25, -0.2) is 9.37 Å². The van der Waals surface area contributed by atoms with Gasteiger partial charge in [0, 0.05) is 36.7 Å². The van der Waals surface area contributed by atoms with E-state index in [2.05, 4.69) is 15.0 Å². The van der Waals surface area contributed by atoms with Crippen molar-refractivity contribution in [1.82, 2.24) is 19.9 Å². The number of aromatic amines is 2. The molecule has 1 aliphatic rings. The van der Waals surface area contributed by atoms with Crippen LogP contribution in [0.2, 0.25) is 0 Å². The molecule has 136 valence electrons. The van der Waals surface area contributed by atoms with Crippen molar-refractivity contribution in [3.8, 4) is 0 Å². The maximum absolute atomic E-state index is 13.4. The Kier molecular flexibility index (Phi) is 4.03. The van der Waals surface area contributed by atoms with Crippen molar-refractivity contribution >= 4 is 16.8 Å². The molecule has 4 rings (SSSR count). The average molecular weight is 356 g/mol. The van der Waals surface area contributed by atoms with Crippen molar-refractivity contribution in [2.75, 3.05) is 13.7 Å². The minimum absolute atomic E-state index is 0.0449. The number of amides is 1. The van der Waals surface area contributed by atoms with Gasteiger partial charge >= 0.3 is 0 Å². The number of fused-ring (bicyclic) bond motifs is 1. The topological polar surface area (TPSA) is 74.0 Å². The number of nitrogens with zero attached hydrogens (tertiary/aromatic N) is 2. The fraction of sp³-hybridized carbons (Fsp3) is 0.368. The molecule has 1 amide bonds. The summed E-state index contributed by atoms with van der Waals surface area (Å²) in [6, 6.07) is 5.95. The number of methoxy groups -OCH3 is 1. The maximum Gasteiger partial charge on any atom is 0.271 e. The van der Waals surface area contributed by atoms with Gasteiger partial charge < -0.3 is 19.6 Å². The van der Waals surface area contributed by atoms with E-state index in [1.165, 1.54) is 12.1 Å². The Balaban J connectivity index is 1.69. The average Bonchev–Trinajstić information content (AvgIpc) is 3.31. The third-order valence-electron chi connectivity index (χ3n) is 5.13. The summed E-state index contributed by atoms with van der Waals surface area (Å²) in [7, 11) is 1.65. The van der Waals surface area contributed by atoms with Crippen molar-refractivity contribution in [1.29, 1.82) is 0 Å². The quantitative estimate of drug-likeness (QED) is 0.756. The van der Waals surface area contributed by atoms with Gasteiger partial charge in [0.25, 0.3) is 5.91 Å². The first-order valence-electron chi connectivity index (χ1n) is 8.61. The second-order valence-corrected chi connectivity index (χ2v) is 6.81. The molecule has 2 N–H and O–H groups in total. The fourth-order valence-corrected chi connectivity index (χ4v) is 3.56. The summed E-state index contributed by atoms with van der Waals surface area (Å²) in [4.78, 5) is 25.9. The van der Waals surface area contributed by atoms with Crippen LogP contribution in [0, 0.1) is 19.7 Å². The largest absolute Gasteiger partial charge is 0.380 e. The molecule has 2 aromatic heterocycles. The SMILES string of the molecule is CO[C@@H]1C[C@@H](c2nc(C)c(C)[nH]2)N(C(=O)c2cc3cc(F)ccc3[nH]2)C1. The number of ether oxygens (including phenoxy) is 1. The minimum atomic E-state index is -0.324. The first kappa shape index (κ1) is 16.8. The van der Waals surface area contributed by atoms with Crippen molar-refractivity contribution in [2.24, 2.45) is 0 Å². The van der Waals surface area contributed by atoms with E-state index in [4.69, 9.17) is 4.74 Å². The van der Waals surface area contributed by atoms with Gasteiger partial charge in [-0.2, -0.15) is 0 Å². The van der Waals surface area contributed by atoms with Crippen LogP contribution >= 0.6 is 0 Å². The zero-order valence-electron chi connectivity index (χ0n) is 15.0. The molecule has 3 aromatic rings. The van der Waals surface area contributed by atoms with Gasteiger partial charge in [-0.1, -0.05) is 0 Å². The zero-order valence-corrected chi connectivity index (χ0v) is 15.0. The number of imidazole rings is 1. The molecule has 0 spiro atoms. The highest BCUT2D eigenvalue weighted by atomic mass is 19.1. The summed E-state index contributed by atoms with van der Waals surface area (Å²) >= 11 is 0. The lowest BCUT2D eigenvalue weighted by Crippen LogP contribution is -2.32. The summed E-state index contributed by atoms with van der Waals surface area (Å²) in [5.74, 6) is 0.309. The lowest BCUT2D eigenvalue weighted by molar-refractivity contribution is 0.0680. The number of halogens is 1. The van der Waals surface area contributed by atoms with E-state index in [1.807, 2.05) is 13.8 Å². The van der Waals surface area contributed by atoms with Crippen LogP contribution < -0.4 is 0 Å². The van der Waals surface area contributed by atoms with E-state index in [-0.39, 0.29) is 23.9 Å². The smallest absolute Gasteiger partial charge is 0.271 e. The normalized spacial score (nSPS) is 20.2. The third kappa shape index (κ3) is 2.78. The number of rotatable bonds is 3. The number of likely N-dealkylation sites (tertiary alicyclic amines) is 1. The van der Waals surface area contributed by atoms with E-state index >= 15 is 0 Å². The van der Waals surface area contributed by atoms with Gasteiger partial charge in [0.1, 0.15) is 17.3 Å². The summed E-state index contributed by atoms with van der Waals surface area (Å²) in [5.41, 5.74) is 3.09. The number of aromatic nitrogens is 3. The molecular formula is C19H21FN4O2. The Bertz CT molecular complexity index is 958. The van der Waals surface area contributed by atoms with Crippen LogP contribution in [0.4, 0.5) is 4.39 Å². The molecule has 1 aromatic carbocycles. The zero-order chi connectivity index (χ0) is 18.4. The van der Waals surface area contributed by atoms with E-state index in [0.717, 1.165) is 22.7 Å². The summed E-state index contributed by atoms with van der Waals surface area (Å²) in [6.45, 7) is 4.39. The second-order valence-electron chi connectivity index (χ2n) is 6.81. The van der Waals surface area contributed by atoms with Crippen molar-refractivity contribution in [3.05, 3.63) is 53.0 Å². The van der Waals surface area contributed by atoms with Gasteiger partial charge in [0.2, 0.25) is 0 Å². The Morgan fingerprint density at radius 1 is 1.31 bits per heavy atom. The first-order valence-corrected chi connectivity index (χ1v) is 8.61. The molecular weight excluding hydrogens is 335 g/mol. The Morgan fingerprint density at radius 3 is 2.81 bits per heavy atom. The molecule has 1 aliphatic heterocycles. The van der Waals surface area contributed by atoms with Crippen LogP contribution in [-0.4, -0.2) is 45.5 Å². The molecule has 7 heteroatoms. The van der Waals surface area contributed by atoms with E-state index in [1.54, 1.807) is 24.1 Å². The highest BCUT2D eigenvalue weighted by Crippen LogP contribution is 2.34. The second kappa shape index (κ2) is 6.25. The molecule has 0 saturated carbocycles. The number of nitrogens with one attached hydrogen (secondary N) is 2. The highest BCUT2D eigenvalue weighted by molar-refractivity contribution is 5.98. The van der Waals surface area contributed by atoms with E-state index in [0.29, 0.717) is 24.0 Å². The molecule has 6 nitrogen and oxygen atoms in total. The molecule has 2 atom stereocenters. The van der Waals surface area contributed by atoms with Gasteiger partial charge in [0.05, 0.1) is 17.8 Å². The summed E-state index contributed by atoms with van der Waals surface area (Å²) < 4.78 is 18.9. The van der Waals surface area contributed by atoms with E-state index < -0.39 is 0 Å². The molecule has 1 fully saturated rings. The monoisotopic (exact) mass is 356 g/mol. The number of aryl methyl sites for hydroxylation is 2. The Morgan fingerprint density at radius 2 is 2.12 bits per heavy atom. The lowest BCUT2D eigenvalue weighted by Gasteiger charge is -2.22. The first-order chi connectivity index (χ1) is 12.5. The Hall–Kier alpha value is -2.67. The third-order valence-corrected chi connectivity index (χ3v) is 5.13. The van der Waals surface area contributed by atoms with Gasteiger partial charge in [-0.05, 0) is 38.1 Å². The number of benzene rings is 1. The number of H-pyrrole nitrogens is 2. The van der Waals surface area contributed by atoms with Gasteiger partial charge in [-0.3, -0.25) is 4.79 Å². The maximum atomic E-state index is 13.4. The Labute approximate surface area is 150 Å². The lowest BCUT2D eigenvalue weighted by atomic mass is 10.2. The predicted molar refractivity (Wildman–Crippen MR) is 95.5 cm³/mol. The predicted octanol–water partition coefficient (Wildman–Crippen LogP) is 3.25. The van der Waals surface area contributed by atoms with Crippen LogP contribution in [0.1, 0.15) is 40.2 Å². The molecule has 0 bridgehead atoms. The minimum Gasteiger partial charge on any atom is -0.380 e. The van der Waals surface area contributed by atoms with Crippen LogP contribution in [-0.2, 0) is 4.74 Å². The number of hydrogen-bond donors (Lipinski definition) is 2. The van der Waals surface area contributed by atoms with Gasteiger partial charge in [0.15, 0.2) is 0 Å². The van der Waals surface area contributed by atoms with Crippen molar-refractivity contribution in [2.45, 2.75) is 32.4 Å². The van der Waals surface area contributed by atoms with E-state index in [9.17, 15) is 9.18 Å². The number of hydrogen-bond acceptors (Lipinski definition) is 3. The van der Waals surface area contributed by atoms with Crippen LogP contribution in [0.15, 0.2) is 24.3 Å². The van der Waals surface area contributed by atoms with Crippen molar-refractivity contribution < 1.29 is 13.9 Å². The molecule has 0 aliphatic carbocycles. The molecule has 0 radical (unpaired) electrons. The molecule has 0 unspecified atom stereocenters. The summed E-state index contributed by atoms with van der Waals surface area (Å²) in [6.07, 6.45) is 0.639. The number of carbonyl (C=O) groups is 1. The molecule has 26 heavy (non-hydrogen) atoms. The van der Waals surface area contributed by atoms with Crippen LogP contribution in [0.25, 0.3) is 10.9 Å². The van der Waals surface area contributed by atoms with Crippen LogP contribution in [0.5, 0.6) is 0 Å². The standard InChI is InChI=1S/C19H21FN4O2/c1-10-11(2)22-18(21-10)17-8-14(26-3)9-24(17)19(25)16-7-12-6-13(20)4-5-15(12)23-16/h4-7,14,17,23H,8-9H2,1-3H3,(H,21,22)/t14-,17+/m1/s1. The molecule has 1 saturated heterocycles. The van der Waals surface area contributed by atoms with Gasteiger partial charge in [-0.15, -0.1) is 0 Å². The number of carbonyl (C=O) groups excluding carboxylic acids is 1. The molecule has 3 heterocycles. The van der Waals surface area contributed by atoms with Crippen LogP contribution in [0.3, 0.4) is 0 Å². The van der Waals surface area contributed by atoms with Crippen molar-refractivity contribution in [3.63, 3.8) is 0 Å². The summed E-state index contributed by atoms with van der Waals surface area (Å²) in [5, 5.41) is 0.678. The highest BCUT2D eigenvalue weighted by Gasteiger charge is 2.39. The fourth-order valence-electron chi connectivity index (χ4n) is 3.56.